The van der Waals surface area contributed by atoms with Gasteiger partial charge in [-0.3, -0.25) is 4.84 Å². The van der Waals surface area contributed by atoms with Crippen LogP contribution in [0.25, 0.3) is 0 Å². The van der Waals surface area contributed by atoms with E-state index in [2.05, 4.69) is 25.5 Å². The van der Waals surface area contributed by atoms with Crippen molar-refractivity contribution in [1.29, 1.82) is 0 Å². The van der Waals surface area contributed by atoms with E-state index in [0.717, 1.165) is 0 Å². The maximum atomic E-state index is 10.9. The predicted molar refractivity (Wildman–Crippen MR) is 41.6 cm³/mol. The maximum absolute atomic E-state index is 10.9. The Morgan fingerprint density at radius 1 is 1.69 bits per heavy atom. The van der Waals surface area contributed by atoms with Crippen molar-refractivity contribution in [3.05, 3.63) is 18.2 Å². The third-order valence-electron chi connectivity index (χ3n) is 1.50. The number of nitrogens with two attached hydrogens (primary N) is 2. The molecule has 1 atom stereocenters. The number of aromatic nitrogens is 2. The van der Waals surface area contributed by atoms with Crippen LogP contribution in [-0.2, 0) is 20.9 Å². The Balaban J connectivity index is 2.54. The van der Waals surface area contributed by atoms with Crippen molar-refractivity contribution in [2.24, 2.45) is 11.8 Å². The zero-order valence-corrected chi connectivity index (χ0v) is 6.77. The van der Waals surface area contributed by atoms with Crippen LogP contribution in [0.4, 0.5) is 0 Å². The molecule has 0 aliphatic carbocycles. The fourth-order valence-corrected chi connectivity index (χ4v) is 0.859. The Morgan fingerprint density at radius 2 is 2.46 bits per heavy atom. The van der Waals surface area contributed by atoms with E-state index in [1.165, 1.54) is 6.33 Å². The van der Waals surface area contributed by atoms with Crippen LogP contribution < -0.4 is 11.8 Å². The number of nitrogens with zero attached hydrogens (tertiary/aromatic N) is 1. The summed E-state index contributed by atoms with van der Waals surface area (Å²) in [6.45, 7) is 0. The highest BCUT2D eigenvalue weighted by Crippen LogP contribution is 2.01. The van der Waals surface area contributed by atoms with E-state index in [-0.39, 0.29) is 6.42 Å². The first-order valence-electron chi connectivity index (χ1n) is 3.51. The number of hydrogen-bond donors (Lipinski definition) is 3. The molecule has 7 nitrogen and oxygen atoms in total. The third-order valence-corrected chi connectivity index (χ3v) is 1.50. The number of carbonyl (C=O) groups excluding carboxylic acids is 1. The van der Waals surface area contributed by atoms with E-state index in [1.807, 2.05) is 0 Å². The molecule has 7 heteroatoms. The molecule has 0 amide bonds. The maximum Gasteiger partial charge on any atom is 0.356 e. The van der Waals surface area contributed by atoms with E-state index in [4.69, 9.17) is 5.90 Å². The second-order valence-electron chi connectivity index (χ2n) is 2.34. The molecule has 1 rings (SSSR count). The van der Waals surface area contributed by atoms with Gasteiger partial charge in [0, 0.05) is 18.3 Å². The van der Waals surface area contributed by atoms with Gasteiger partial charge in [-0.2, -0.15) is 5.90 Å². The van der Waals surface area contributed by atoms with Gasteiger partial charge in [0.1, 0.15) is 0 Å². The van der Waals surface area contributed by atoms with E-state index in [9.17, 15) is 4.79 Å². The van der Waals surface area contributed by atoms with Gasteiger partial charge in [0.25, 0.3) is 0 Å². The normalized spacial score (nSPS) is 12.5. The van der Waals surface area contributed by atoms with E-state index >= 15 is 0 Å². The van der Waals surface area contributed by atoms with Crippen molar-refractivity contribution >= 4 is 5.97 Å². The van der Waals surface area contributed by atoms with Gasteiger partial charge in [-0.05, 0) is 0 Å². The largest absolute Gasteiger partial charge is 0.371 e. The number of imidazole rings is 1. The van der Waals surface area contributed by atoms with Crippen LogP contribution in [0.2, 0.25) is 0 Å². The van der Waals surface area contributed by atoms with Crippen LogP contribution >= 0.6 is 0 Å². The summed E-state index contributed by atoms with van der Waals surface area (Å²) in [4.78, 5) is 25.8. The van der Waals surface area contributed by atoms with Crippen molar-refractivity contribution < 1.29 is 14.5 Å². The fraction of sp³-hybridized carbons (Fsp3) is 0.333. The summed E-state index contributed by atoms with van der Waals surface area (Å²) >= 11 is 0. The van der Waals surface area contributed by atoms with Gasteiger partial charge in [0.2, 0.25) is 0 Å². The molecule has 0 fully saturated rings. The van der Waals surface area contributed by atoms with Gasteiger partial charge < -0.3 is 9.82 Å². The molecule has 0 saturated heterocycles. The Kier molecular flexibility index (Phi) is 3.38. The fourth-order valence-electron chi connectivity index (χ4n) is 0.859. The molecule has 5 N–H and O–H groups in total. The van der Waals surface area contributed by atoms with E-state index < -0.39 is 12.1 Å². The molecule has 0 bridgehead atoms. The Morgan fingerprint density at radius 3 is 2.92 bits per heavy atom. The molecule has 72 valence electrons. The molecule has 0 unspecified atom stereocenters. The number of hydrogen-bond acceptors (Lipinski definition) is 6. The summed E-state index contributed by atoms with van der Waals surface area (Å²) < 4.78 is 0. The van der Waals surface area contributed by atoms with E-state index in [0.29, 0.717) is 5.69 Å². The molecule has 0 saturated carbocycles. The van der Waals surface area contributed by atoms with Crippen LogP contribution in [0.3, 0.4) is 0 Å². The molecule has 0 radical (unpaired) electrons. The van der Waals surface area contributed by atoms with Gasteiger partial charge in [-0.15, -0.1) is 0 Å². The molecule has 13 heavy (non-hydrogen) atoms. The van der Waals surface area contributed by atoms with Gasteiger partial charge in [-0.25, -0.2) is 15.7 Å². The SMILES string of the molecule is NOC(=O)[C@H](Cc1cnc[nH]1)ON. The number of rotatable bonds is 4. The summed E-state index contributed by atoms with van der Waals surface area (Å²) in [5.41, 5.74) is 0.709. The zero-order chi connectivity index (χ0) is 9.68. The van der Waals surface area contributed by atoms with E-state index in [1.54, 1.807) is 6.20 Å². The Hall–Kier alpha value is -1.44. The lowest BCUT2D eigenvalue weighted by atomic mass is 10.2. The van der Waals surface area contributed by atoms with Gasteiger partial charge in [0.05, 0.1) is 6.33 Å². The molecular formula is C6H10N4O3. The summed E-state index contributed by atoms with van der Waals surface area (Å²) in [6.07, 6.45) is 2.37. The van der Waals surface area contributed by atoms with Crippen LogP contribution in [0.15, 0.2) is 12.5 Å². The van der Waals surface area contributed by atoms with Crippen molar-refractivity contribution in [3.8, 4) is 0 Å². The highest BCUT2D eigenvalue weighted by molar-refractivity contribution is 5.74. The number of H-pyrrole nitrogens is 1. The Bertz CT molecular complexity index is 261. The van der Waals surface area contributed by atoms with Crippen molar-refractivity contribution in [3.63, 3.8) is 0 Å². The number of aromatic amines is 1. The topological polar surface area (TPSA) is 116 Å². The summed E-state index contributed by atoms with van der Waals surface area (Å²) in [5, 5.41) is 0. The third kappa shape index (κ3) is 2.51. The minimum atomic E-state index is -0.912. The summed E-state index contributed by atoms with van der Waals surface area (Å²) in [7, 11) is 0. The van der Waals surface area contributed by atoms with Crippen LogP contribution in [0, 0.1) is 0 Å². The highest BCUT2D eigenvalue weighted by Gasteiger charge is 2.20. The minimum absolute atomic E-state index is 0.243. The minimum Gasteiger partial charge on any atom is -0.371 e. The second-order valence-corrected chi connectivity index (χ2v) is 2.34. The van der Waals surface area contributed by atoms with Crippen LogP contribution in [0.1, 0.15) is 5.69 Å². The highest BCUT2D eigenvalue weighted by atomic mass is 16.7. The number of carbonyl (C=O) groups is 1. The molecule has 0 aliphatic rings. The Labute approximate surface area is 73.9 Å². The average Bonchev–Trinajstić information content (AvgIpc) is 2.65. The molecule has 1 heterocycles. The van der Waals surface area contributed by atoms with Crippen LogP contribution in [0.5, 0.6) is 0 Å². The standard InChI is InChI=1S/C6H10N4O3/c7-12-5(6(11)13-8)1-4-2-9-3-10-4/h2-3,5H,1,7-8H2,(H,9,10)/t5-/m0/s1. The van der Waals surface area contributed by atoms with Gasteiger partial charge in [-0.1, -0.05) is 0 Å². The molecule has 1 aromatic rings. The first kappa shape index (κ1) is 9.65. The van der Waals surface area contributed by atoms with Crippen molar-refractivity contribution in [2.75, 3.05) is 0 Å². The number of nitrogens with one attached hydrogen (secondary N) is 1. The zero-order valence-electron chi connectivity index (χ0n) is 6.77. The smallest absolute Gasteiger partial charge is 0.356 e. The first-order chi connectivity index (χ1) is 6.27. The second kappa shape index (κ2) is 4.55. The monoisotopic (exact) mass is 186 g/mol. The molecular weight excluding hydrogens is 176 g/mol. The van der Waals surface area contributed by atoms with Gasteiger partial charge in [0.15, 0.2) is 6.10 Å². The quantitative estimate of drug-likeness (QED) is 0.499. The van der Waals surface area contributed by atoms with Crippen molar-refractivity contribution in [2.45, 2.75) is 12.5 Å². The molecule has 0 spiro atoms. The van der Waals surface area contributed by atoms with Crippen molar-refractivity contribution in [1.82, 2.24) is 9.97 Å². The summed E-state index contributed by atoms with van der Waals surface area (Å²) in [6, 6.07) is 0. The molecule has 0 aromatic carbocycles. The molecule has 1 aromatic heterocycles. The lowest BCUT2D eigenvalue weighted by Crippen LogP contribution is -2.33. The van der Waals surface area contributed by atoms with Gasteiger partial charge >= 0.3 is 5.97 Å². The lowest BCUT2D eigenvalue weighted by Gasteiger charge is -2.09. The van der Waals surface area contributed by atoms with Crippen LogP contribution in [-0.4, -0.2) is 22.0 Å². The lowest BCUT2D eigenvalue weighted by molar-refractivity contribution is -0.158. The average molecular weight is 186 g/mol. The first-order valence-corrected chi connectivity index (χ1v) is 3.51. The predicted octanol–water partition coefficient (Wildman–Crippen LogP) is -1.37. The summed E-state index contributed by atoms with van der Waals surface area (Å²) in [5.74, 6) is 8.82. The molecule has 0 aliphatic heterocycles.